The molecule has 3 nitrogen and oxygen atoms in total. The molecule has 1 heterocycles. The van der Waals surface area contributed by atoms with Crippen molar-refractivity contribution in [2.45, 2.75) is 19.9 Å². The van der Waals surface area contributed by atoms with E-state index in [2.05, 4.69) is 34.3 Å². The fourth-order valence-corrected chi connectivity index (χ4v) is 2.26. The van der Waals surface area contributed by atoms with Gasteiger partial charge in [0.05, 0.1) is 22.8 Å². The average Bonchev–Trinajstić information content (AvgIpc) is 2.49. The van der Waals surface area contributed by atoms with Crippen LogP contribution in [0.5, 0.6) is 0 Å². The molecule has 0 saturated heterocycles. The van der Waals surface area contributed by atoms with Crippen molar-refractivity contribution in [3.63, 3.8) is 0 Å². The molecule has 20 heavy (non-hydrogen) atoms. The van der Waals surface area contributed by atoms with E-state index >= 15 is 0 Å². The third kappa shape index (κ3) is 2.48. The van der Waals surface area contributed by atoms with Crippen molar-refractivity contribution in [2.75, 3.05) is 5.32 Å². The SMILES string of the molecule is Cc1nc2ccccc2nc1NC(C)c1ccccc1. The summed E-state index contributed by atoms with van der Waals surface area (Å²) in [6.07, 6.45) is 0. The maximum Gasteiger partial charge on any atom is 0.148 e. The van der Waals surface area contributed by atoms with Gasteiger partial charge in [0, 0.05) is 0 Å². The van der Waals surface area contributed by atoms with Gasteiger partial charge >= 0.3 is 0 Å². The van der Waals surface area contributed by atoms with Crippen LogP contribution in [0.4, 0.5) is 5.82 Å². The van der Waals surface area contributed by atoms with E-state index < -0.39 is 0 Å². The molecule has 2 aromatic carbocycles. The first kappa shape index (κ1) is 12.6. The normalized spacial score (nSPS) is 12.3. The molecule has 0 fully saturated rings. The van der Waals surface area contributed by atoms with Crippen molar-refractivity contribution in [2.24, 2.45) is 0 Å². The summed E-state index contributed by atoms with van der Waals surface area (Å²) in [6, 6.07) is 18.5. The van der Waals surface area contributed by atoms with Gasteiger partial charge in [-0.1, -0.05) is 42.5 Å². The molecule has 1 atom stereocenters. The van der Waals surface area contributed by atoms with E-state index in [1.807, 2.05) is 49.4 Å². The second kappa shape index (κ2) is 5.29. The van der Waals surface area contributed by atoms with Crippen LogP contribution in [0.1, 0.15) is 24.2 Å². The quantitative estimate of drug-likeness (QED) is 0.772. The monoisotopic (exact) mass is 263 g/mol. The molecule has 0 saturated carbocycles. The Bertz CT molecular complexity index is 723. The van der Waals surface area contributed by atoms with Crippen LogP contribution in [0.25, 0.3) is 11.0 Å². The van der Waals surface area contributed by atoms with E-state index in [0.29, 0.717) is 0 Å². The molecule has 0 aliphatic heterocycles. The van der Waals surface area contributed by atoms with Crippen LogP contribution >= 0.6 is 0 Å². The number of aryl methyl sites for hydroxylation is 1. The summed E-state index contributed by atoms with van der Waals surface area (Å²) in [5.74, 6) is 0.847. The molecule has 3 aromatic rings. The molecule has 0 aliphatic carbocycles. The van der Waals surface area contributed by atoms with Crippen LogP contribution in [0.3, 0.4) is 0 Å². The Labute approximate surface area is 118 Å². The molecule has 3 rings (SSSR count). The first-order valence-electron chi connectivity index (χ1n) is 6.79. The number of nitrogens with zero attached hydrogens (tertiary/aromatic N) is 2. The van der Waals surface area contributed by atoms with Gasteiger partial charge in [0.2, 0.25) is 0 Å². The number of hydrogen-bond acceptors (Lipinski definition) is 3. The molecule has 3 heteroatoms. The molecule has 0 amide bonds. The van der Waals surface area contributed by atoms with Crippen molar-refractivity contribution in [3.8, 4) is 0 Å². The van der Waals surface area contributed by atoms with Gasteiger partial charge in [-0.3, -0.25) is 0 Å². The number of aromatic nitrogens is 2. The van der Waals surface area contributed by atoms with E-state index in [1.165, 1.54) is 5.56 Å². The number of nitrogens with one attached hydrogen (secondary N) is 1. The molecule has 0 spiro atoms. The largest absolute Gasteiger partial charge is 0.362 e. The van der Waals surface area contributed by atoms with Crippen LogP contribution in [-0.4, -0.2) is 9.97 Å². The highest BCUT2D eigenvalue weighted by Crippen LogP contribution is 2.21. The van der Waals surface area contributed by atoms with Crippen molar-refractivity contribution in [1.29, 1.82) is 0 Å². The predicted molar refractivity (Wildman–Crippen MR) is 82.8 cm³/mol. The van der Waals surface area contributed by atoms with E-state index in [0.717, 1.165) is 22.5 Å². The molecule has 0 aliphatic rings. The number of hydrogen-bond donors (Lipinski definition) is 1. The predicted octanol–water partition coefficient (Wildman–Crippen LogP) is 4.11. The first-order chi connectivity index (χ1) is 9.74. The van der Waals surface area contributed by atoms with Gasteiger partial charge in [-0.2, -0.15) is 0 Å². The van der Waals surface area contributed by atoms with E-state index in [4.69, 9.17) is 0 Å². The summed E-state index contributed by atoms with van der Waals surface area (Å²) in [5, 5.41) is 3.44. The minimum absolute atomic E-state index is 0.199. The lowest BCUT2D eigenvalue weighted by Gasteiger charge is -2.16. The Hall–Kier alpha value is -2.42. The Kier molecular flexibility index (Phi) is 3.33. The lowest BCUT2D eigenvalue weighted by molar-refractivity contribution is 0.870. The number of benzene rings is 2. The fourth-order valence-electron chi connectivity index (χ4n) is 2.26. The summed E-state index contributed by atoms with van der Waals surface area (Å²) in [4.78, 5) is 9.26. The molecular formula is C17H17N3. The summed E-state index contributed by atoms with van der Waals surface area (Å²) in [5.41, 5.74) is 4.01. The van der Waals surface area contributed by atoms with Crippen molar-refractivity contribution in [3.05, 3.63) is 65.9 Å². The average molecular weight is 263 g/mol. The minimum atomic E-state index is 0.199. The van der Waals surface area contributed by atoms with Crippen LogP contribution in [0, 0.1) is 6.92 Å². The summed E-state index contributed by atoms with van der Waals surface area (Å²) in [6.45, 7) is 4.12. The Morgan fingerprint density at radius 2 is 1.45 bits per heavy atom. The smallest absolute Gasteiger partial charge is 0.148 e. The van der Waals surface area contributed by atoms with Crippen LogP contribution in [0.2, 0.25) is 0 Å². The van der Waals surface area contributed by atoms with E-state index in [1.54, 1.807) is 0 Å². The van der Waals surface area contributed by atoms with Gasteiger partial charge in [0.25, 0.3) is 0 Å². The van der Waals surface area contributed by atoms with Crippen LogP contribution in [0.15, 0.2) is 54.6 Å². The molecule has 100 valence electrons. The third-order valence-corrected chi connectivity index (χ3v) is 3.40. The zero-order valence-electron chi connectivity index (χ0n) is 11.7. The lowest BCUT2D eigenvalue weighted by Crippen LogP contribution is -2.10. The maximum atomic E-state index is 4.67. The Morgan fingerprint density at radius 1 is 0.850 bits per heavy atom. The minimum Gasteiger partial charge on any atom is -0.362 e. The van der Waals surface area contributed by atoms with E-state index in [-0.39, 0.29) is 6.04 Å². The first-order valence-corrected chi connectivity index (χ1v) is 6.79. The zero-order valence-corrected chi connectivity index (χ0v) is 11.7. The van der Waals surface area contributed by atoms with Crippen LogP contribution < -0.4 is 5.32 Å². The highest BCUT2D eigenvalue weighted by Gasteiger charge is 2.09. The van der Waals surface area contributed by atoms with Crippen molar-refractivity contribution < 1.29 is 0 Å². The van der Waals surface area contributed by atoms with Gasteiger partial charge < -0.3 is 5.32 Å². The number of anilines is 1. The highest BCUT2D eigenvalue weighted by molar-refractivity contribution is 5.76. The highest BCUT2D eigenvalue weighted by atomic mass is 15.0. The zero-order chi connectivity index (χ0) is 13.9. The molecule has 1 aromatic heterocycles. The molecular weight excluding hydrogens is 246 g/mol. The second-order valence-corrected chi connectivity index (χ2v) is 4.92. The molecule has 0 radical (unpaired) electrons. The lowest BCUT2D eigenvalue weighted by atomic mass is 10.1. The van der Waals surface area contributed by atoms with Gasteiger partial charge in [-0.15, -0.1) is 0 Å². The van der Waals surface area contributed by atoms with Gasteiger partial charge in [-0.05, 0) is 31.5 Å². The molecule has 1 unspecified atom stereocenters. The number of rotatable bonds is 3. The summed E-state index contributed by atoms with van der Waals surface area (Å²) in [7, 11) is 0. The molecule has 0 bridgehead atoms. The molecule has 1 N–H and O–H groups in total. The Morgan fingerprint density at radius 3 is 2.15 bits per heavy atom. The maximum absolute atomic E-state index is 4.67. The van der Waals surface area contributed by atoms with E-state index in [9.17, 15) is 0 Å². The van der Waals surface area contributed by atoms with Crippen molar-refractivity contribution in [1.82, 2.24) is 9.97 Å². The van der Waals surface area contributed by atoms with Gasteiger partial charge in [-0.25, -0.2) is 9.97 Å². The fraction of sp³-hybridized carbons (Fsp3) is 0.176. The Balaban J connectivity index is 1.92. The third-order valence-electron chi connectivity index (χ3n) is 3.40. The van der Waals surface area contributed by atoms with Crippen LogP contribution in [-0.2, 0) is 0 Å². The van der Waals surface area contributed by atoms with Gasteiger partial charge in [0.15, 0.2) is 0 Å². The second-order valence-electron chi connectivity index (χ2n) is 4.92. The standard InChI is InChI=1S/C17H17N3/c1-12(14-8-4-3-5-9-14)19-17-13(2)18-15-10-6-7-11-16(15)20-17/h3-12H,1-2H3,(H,19,20). The number of fused-ring (bicyclic) bond motifs is 1. The number of para-hydroxylation sites is 2. The summed E-state index contributed by atoms with van der Waals surface area (Å²) < 4.78 is 0. The van der Waals surface area contributed by atoms with Crippen molar-refractivity contribution >= 4 is 16.9 Å². The topological polar surface area (TPSA) is 37.8 Å². The van der Waals surface area contributed by atoms with Gasteiger partial charge in [0.1, 0.15) is 5.82 Å². The summed E-state index contributed by atoms with van der Waals surface area (Å²) >= 11 is 0.